The number of carbonyl (C=O) groups excluding carboxylic acids is 2. The Bertz CT molecular complexity index is 1200. The summed E-state index contributed by atoms with van der Waals surface area (Å²) in [7, 11) is 0. The lowest BCUT2D eigenvalue weighted by molar-refractivity contribution is -0.149. The summed E-state index contributed by atoms with van der Waals surface area (Å²) in [5.74, 6) is -3.29. The Morgan fingerprint density at radius 3 is 2.55 bits per heavy atom. The van der Waals surface area contributed by atoms with E-state index >= 15 is 0 Å². The van der Waals surface area contributed by atoms with E-state index in [1.807, 2.05) is 12.1 Å². The Labute approximate surface area is 184 Å². The number of carbonyl (C=O) groups is 3. The van der Waals surface area contributed by atoms with Crippen molar-refractivity contribution in [3.05, 3.63) is 44.4 Å². The molecule has 2 aliphatic carbocycles. The van der Waals surface area contributed by atoms with Gasteiger partial charge in [0.1, 0.15) is 12.3 Å². The summed E-state index contributed by atoms with van der Waals surface area (Å²) in [4.78, 5) is 54.0. The van der Waals surface area contributed by atoms with Crippen LogP contribution in [0.3, 0.4) is 0 Å². The Hall–Kier alpha value is -2.59. The lowest BCUT2D eigenvalue weighted by atomic mass is 9.68. The number of hydrogen-bond acceptors (Lipinski definition) is 7. The number of para-hydroxylation sites is 1. The van der Waals surface area contributed by atoms with Crippen LogP contribution < -0.4 is 4.87 Å². The van der Waals surface area contributed by atoms with Gasteiger partial charge in [0.2, 0.25) is 11.8 Å². The molecule has 2 amide bonds. The lowest BCUT2D eigenvalue weighted by Crippen LogP contribution is -2.42. The maximum atomic E-state index is 13.1. The number of carboxylic acid groups (broad SMARTS) is 1. The first-order chi connectivity index (χ1) is 14.9. The molecule has 3 N–H and O–H groups in total. The molecule has 31 heavy (non-hydrogen) atoms. The molecule has 160 valence electrons. The number of phenols is 1. The van der Waals surface area contributed by atoms with Crippen molar-refractivity contribution in [1.29, 1.82) is 0 Å². The number of nitrogens with one attached hydrogen (secondary N) is 1. The van der Waals surface area contributed by atoms with Gasteiger partial charge in [0, 0.05) is 21.6 Å². The topological polar surface area (TPSA) is 128 Å². The molecule has 1 saturated heterocycles. The number of likely N-dealkylation sites (tertiary alicyclic amines) is 1. The zero-order valence-corrected chi connectivity index (χ0v) is 17.7. The molecule has 10 heteroatoms. The second kappa shape index (κ2) is 6.46. The number of carboxylic acids is 1. The van der Waals surface area contributed by atoms with Crippen molar-refractivity contribution < 1.29 is 24.6 Å². The number of aromatic hydroxyl groups is 1. The predicted molar refractivity (Wildman–Crippen MR) is 111 cm³/mol. The zero-order chi connectivity index (χ0) is 21.6. The fraction of sp³-hybridized carbons (Fsp3) is 0.429. The number of benzene rings is 1. The molecular weight excluding hydrogens is 440 g/mol. The number of imide groups is 1. The van der Waals surface area contributed by atoms with Crippen molar-refractivity contribution in [1.82, 2.24) is 9.88 Å². The van der Waals surface area contributed by atoms with Gasteiger partial charge in [-0.1, -0.05) is 29.5 Å². The molecule has 2 aliphatic heterocycles. The predicted octanol–water partition coefficient (Wildman–Crippen LogP) is 1.70. The molecule has 3 fully saturated rings. The highest BCUT2D eigenvalue weighted by Crippen LogP contribution is 2.68. The average Bonchev–Trinajstić information content (AvgIpc) is 3.44. The number of aromatic amines is 1. The van der Waals surface area contributed by atoms with Gasteiger partial charge >= 0.3 is 10.8 Å². The van der Waals surface area contributed by atoms with Gasteiger partial charge in [-0.25, -0.2) is 0 Å². The van der Waals surface area contributed by atoms with Gasteiger partial charge < -0.3 is 15.2 Å². The van der Waals surface area contributed by atoms with E-state index in [0.717, 1.165) is 38.1 Å². The van der Waals surface area contributed by atoms with Crippen LogP contribution in [-0.2, 0) is 14.4 Å². The summed E-state index contributed by atoms with van der Waals surface area (Å²) in [6, 6.07) is 7.06. The first-order valence-corrected chi connectivity index (χ1v) is 11.8. The molecule has 1 aromatic carbocycles. The summed E-state index contributed by atoms with van der Waals surface area (Å²) in [6.07, 6.45) is 0.722. The molecule has 0 unspecified atom stereocenters. The number of aliphatic carboxylic acids is 1. The standard InChI is InChI=1S/C21H18N2O6S2/c24-10-4-2-1-3-7(10)12-13-8-5-9(16(13)30-18-17(12)31-21(29)22-18)15-14(8)19(27)23(20(15)28)6-11(25)26/h1-4,8-9,12-16,24H,5-6H2,(H,22,29)(H,25,26)/t8-,9-,12+,13-,14+,15-,16+/m1/s1. The number of thiazole rings is 1. The van der Waals surface area contributed by atoms with E-state index in [9.17, 15) is 24.3 Å². The first kappa shape index (κ1) is 19.1. The van der Waals surface area contributed by atoms with Gasteiger partial charge in [0.05, 0.1) is 16.9 Å². The summed E-state index contributed by atoms with van der Waals surface area (Å²) in [6.45, 7) is -0.601. The summed E-state index contributed by atoms with van der Waals surface area (Å²) >= 11 is 2.69. The summed E-state index contributed by atoms with van der Waals surface area (Å²) < 4.78 is 0. The van der Waals surface area contributed by atoms with Gasteiger partial charge in [-0.2, -0.15) is 0 Å². The number of aromatic nitrogens is 1. The van der Waals surface area contributed by atoms with E-state index in [-0.39, 0.29) is 45.5 Å². The second-order valence-electron chi connectivity index (χ2n) is 8.68. The summed E-state index contributed by atoms with van der Waals surface area (Å²) in [5, 5.41) is 20.6. The maximum Gasteiger partial charge on any atom is 0.323 e. The number of nitrogens with zero attached hydrogens (tertiary/aromatic N) is 1. The van der Waals surface area contributed by atoms with Gasteiger partial charge in [0.25, 0.3) is 0 Å². The highest BCUT2D eigenvalue weighted by Gasteiger charge is 2.69. The number of rotatable bonds is 3. The smallest absolute Gasteiger partial charge is 0.323 e. The van der Waals surface area contributed by atoms with E-state index in [1.165, 1.54) is 0 Å². The molecule has 0 spiro atoms. The largest absolute Gasteiger partial charge is 0.508 e. The Balaban J connectivity index is 1.47. The summed E-state index contributed by atoms with van der Waals surface area (Å²) in [5.41, 5.74) is 0.720. The molecule has 2 aromatic rings. The minimum Gasteiger partial charge on any atom is -0.508 e. The normalized spacial score (nSPS) is 35.2. The monoisotopic (exact) mass is 458 g/mol. The van der Waals surface area contributed by atoms with Gasteiger partial charge in [-0.3, -0.25) is 24.1 Å². The fourth-order valence-electron chi connectivity index (χ4n) is 6.47. The Morgan fingerprint density at radius 2 is 1.84 bits per heavy atom. The minimum atomic E-state index is -1.20. The molecule has 6 rings (SSSR count). The minimum absolute atomic E-state index is 0.00938. The van der Waals surface area contributed by atoms with E-state index < -0.39 is 30.3 Å². The van der Waals surface area contributed by atoms with Crippen LogP contribution >= 0.6 is 23.1 Å². The van der Waals surface area contributed by atoms with Crippen LogP contribution in [0.1, 0.15) is 22.8 Å². The van der Waals surface area contributed by atoms with E-state index in [0.29, 0.717) is 0 Å². The van der Waals surface area contributed by atoms with Crippen LogP contribution in [0, 0.1) is 29.6 Å². The number of hydrogen-bond donors (Lipinski definition) is 3. The van der Waals surface area contributed by atoms with Crippen LogP contribution in [0.25, 0.3) is 0 Å². The molecule has 0 radical (unpaired) electrons. The molecule has 2 saturated carbocycles. The average molecular weight is 459 g/mol. The first-order valence-electron chi connectivity index (χ1n) is 10.1. The van der Waals surface area contributed by atoms with E-state index in [1.54, 1.807) is 23.9 Å². The zero-order valence-electron chi connectivity index (χ0n) is 16.1. The van der Waals surface area contributed by atoms with Crippen LogP contribution in [0.5, 0.6) is 5.75 Å². The SMILES string of the molecule is O=C(O)CN1C(=O)[C@@H]2[C@H]3C[C@@H]([C@@H]2C1=O)[C@@H]1[C@H](c2ccccc2O)c2sc(=O)[nH]c2S[C@@H]31. The van der Waals surface area contributed by atoms with Crippen LogP contribution in [0.2, 0.25) is 0 Å². The molecule has 7 atom stereocenters. The number of phenolic OH excluding ortho intramolecular Hbond substituents is 1. The van der Waals surface area contributed by atoms with Gasteiger partial charge in [0.15, 0.2) is 0 Å². The third kappa shape index (κ3) is 2.48. The maximum absolute atomic E-state index is 13.1. The van der Waals surface area contributed by atoms with Crippen molar-refractivity contribution in [3.63, 3.8) is 0 Å². The highest BCUT2D eigenvalue weighted by atomic mass is 32.2. The quantitative estimate of drug-likeness (QED) is 0.597. The second-order valence-corrected chi connectivity index (χ2v) is 10.9. The molecule has 2 bridgehead atoms. The Kier molecular flexibility index (Phi) is 3.98. The van der Waals surface area contributed by atoms with Crippen molar-refractivity contribution >= 4 is 40.9 Å². The third-order valence-corrected chi connectivity index (χ3v) is 9.97. The van der Waals surface area contributed by atoms with Crippen molar-refractivity contribution in [2.45, 2.75) is 22.6 Å². The number of fused-ring (bicyclic) bond motifs is 9. The lowest BCUT2D eigenvalue weighted by Gasteiger charge is -2.43. The van der Waals surface area contributed by atoms with Crippen molar-refractivity contribution in [2.75, 3.05) is 6.54 Å². The van der Waals surface area contributed by atoms with Crippen LogP contribution in [-0.4, -0.2) is 49.7 Å². The van der Waals surface area contributed by atoms with Crippen LogP contribution in [0.4, 0.5) is 0 Å². The third-order valence-electron chi connectivity index (χ3n) is 7.38. The molecule has 8 nitrogen and oxygen atoms in total. The van der Waals surface area contributed by atoms with Crippen LogP contribution in [0.15, 0.2) is 34.1 Å². The molecule has 4 aliphatic rings. The van der Waals surface area contributed by atoms with Crippen molar-refractivity contribution in [3.8, 4) is 5.75 Å². The molecular formula is C21H18N2O6S2. The van der Waals surface area contributed by atoms with E-state index in [4.69, 9.17) is 5.11 Å². The number of H-pyrrole nitrogens is 1. The molecule has 1 aromatic heterocycles. The van der Waals surface area contributed by atoms with E-state index in [2.05, 4.69) is 4.98 Å². The Morgan fingerprint density at radius 1 is 1.13 bits per heavy atom. The van der Waals surface area contributed by atoms with Crippen molar-refractivity contribution in [2.24, 2.45) is 29.6 Å². The number of amides is 2. The van der Waals surface area contributed by atoms with Gasteiger partial charge in [-0.15, -0.1) is 11.8 Å². The van der Waals surface area contributed by atoms with Gasteiger partial charge in [-0.05, 0) is 30.2 Å². The molecule has 3 heterocycles. The fourth-order valence-corrected chi connectivity index (χ4v) is 9.35. The number of thioether (sulfide) groups is 1. The highest BCUT2D eigenvalue weighted by molar-refractivity contribution is 8.00.